The molecule has 4 heteroatoms. The molecule has 0 atom stereocenters. The molecule has 19 heavy (non-hydrogen) atoms. The van der Waals surface area contributed by atoms with E-state index in [0.717, 1.165) is 11.1 Å². The number of halogens is 3. The molecule has 0 fully saturated rings. The molecule has 0 saturated carbocycles. The number of benzene rings is 2. The van der Waals surface area contributed by atoms with Gasteiger partial charge in [0.2, 0.25) is 0 Å². The summed E-state index contributed by atoms with van der Waals surface area (Å²) in [5.41, 5.74) is 1.58. The molecule has 0 bridgehead atoms. The Morgan fingerprint density at radius 3 is 2.42 bits per heavy atom. The van der Waals surface area contributed by atoms with Gasteiger partial charge in [0.15, 0.2) is 0 Å². The Morgan fingerprint density at radius 1 is 1.00 bits per heavy atom. The lowest BCUT2D eigenvalue weighted by Gasteiger charge is -2.11. The van der Waals surface area contributed by atoms with E-state index < -0.39 is 0 Å². The average molecular weight is 314 g/mol. The largest absolute Gasteiger partial charge is 0.487 e. The van der Waals surface area contributed by atoms with Crippen LogP contribution in [0, 0.1) is 0 Å². The van der Waals surface area contributed by atoms with E-state index in [1.807, 2.05) is 18.2 Å². The fourth-order valence-corrected chi connectivity index (χ4v) is 2.31. The van der Waals surface area contributed by atoms with Crippen molar-refractivity contribution in [2.75, 3.05) is 6.61 Å². The summed E-state index contributed by atoms with van der Waals surface area (Å²) in [7, 11) is 0. The van der Waals surface area contributed by atoms with Gasteiger partial charge in [-0.2, -0.15) is 0 Å². The van der Waals surface area contributed by atoms with E-state index in [4.69, 9.17) is 39.5 Å². The molecule has 0 aromatic heterocycles. The monoisotopic (exact) mass is 312 g/mol. The van der Waals surface area contributed by atoms with Crippen LogP contribution in [-0.4, -0.2) is 6.61 Å². The second-order valence-electron chi connectivity index (χ2n) is 3.95. The lowest BCUT2D eigenvalue weighted by atomic mass is 10.1. The van der Waals surface area contributed by atoms with E-state index in [-0.39, 0.29) is 0 Å². The van der Waals surface area contributed by atoms with Crippen molar-refractivity contribution in [2.24, 2.45) is 0 Å². The van der Waals surface area contributed by atoms with E-state index in [9.17, 15) is 0 Å². The van der Waals surface area contributed by atoms with Crippen molar-refractivity contribution in [3.8, 4) is 5.75 Å². The number of rotatable bonds is 4. The lowest BCUT2D eigenvalue weighted by Crippen LogP contribution is -2.00. The molecule has 0 spiro atoms. The van der Waals surface area contributed by atoms with Crippen LogP contribution >= 0.6 is 34.8 Å². The van der Waals surface area contributed by atoms with Crippen LogP contribution in [0.15, 0.2) is 49.0 Å². The van der Waals surface area contributed by atoms with E-state index >= 15 is 0 Å². The summed E-state index contributed by atoms with van der Waals surface area (Å²) in [5.74, 6) is 0.621. The van der Waals surface area contributed by atoms with Crippen molar-refractivity contribution in [1.29, 1.82) is 0 Å². The lowest BCUT2D eigenvalue weighted by molar-refractivity contribution is 0.370. The Morgan fingerprint density at radius 2 is 1.74 bits per heavy atom. The van der Waals surface area contributed by atoms with Gasteiger partial charge in [0.25, 0.3) is 0 Å². The molecule has 0 heterocycles. The summed E-state index contributed by atoms with van der Waals surface area (Å²) in [5, 5.41) is 1.71. The topological polar surface area (TPSA) is 9.23 Å². The summed E-state index contributed by atoms with van der Waals surface area (Å²) in [4.78, 5) is 0. The Bertz CT molecular complexity index is 608. The summed E-state index contributed by atoms with van der Waals surface area (Å²) < 4.78 is 5.62. The SMILES string of the molecule is C=C(COc1ccccc1Cl)c1ccc(Cl)cc1Cl. The Balaban J connectivity index is 2.08. The predicted molar refractivity (Wildman–Crippen MR) is 82.4 cm³/mol. The van der Waals surface area contributed by atoms with Crippen LogP contribution in [0.5, 0.6) is 5.75 Å². The standard InChI is InChI=1S/C15H11Cl3O/c1-10(12-7-6-11(16)8-14(12)18)9-19-15-5-3-2-4-13(15)17/h2-8H,1,9H2. The zero-order valence-electron chi connectivity index (χ0n) is 10.00. The summed E-state index contributed by atoms with van der Waals surface area (Å²) in [6.07, 6.45) is 0. The Labute approximate surface area is 127 Å². The summed E-state index contributed by atoms with van der Waals surface area (Å²) >= 11 is 18.0. The zero-order valence-corrected chi connectivity index (χ0v) is 12.3. The molecular weight excluding hydrogens is 303 g/mol. The molecule has 0 unspecified atom stereocenters. The van der Waals surface area contributed by atoms with Crippen LogP contribution in [0.4, 0.5) is 0 Å². The minimum atomic E-state index is 0.311. The molecule has 0 N–H and O–H groups in total. The van der Waals surface area contributed by atoms with Crippen LogP contribution in [0.2, 0.25) is 15.1 Å². The molecule has 0 amide bonds. The smallest absolute Gasteiger partial charge is 0.138 e. The second-order valence-corrected chi connectivity index (χ2v) is 5.20. The van der Waals surface area contributed by atoms with Crippen molar-refractivity contribution in [2.45, 2.75) is 0 Å². The first kappa shape index (κ1) is 14.3. The minimum absolute atomic E-state index is 0.311. The molecule has 0 aliphatic heterocycles. The van der Waals surface area contributed by atoms with Gasteiger partial charge in [0.05, 0.1) is 5.02 Å². The molecule has 0 aliphatic carbocycles. The van der Waals surface area contributed by atoms with Gasteiger partial charge in [-0.15, -0.1) is 0 Å². The van der Waals surface area contributed by atoms with Crippen LogP contribution in [0.25, 0.3) is 5.57 Å². The fourth-order valence-electron chi connectivity index (χ4n) is 1.58. The maximum Gasteiger partial charge on any atom is 0.138 e. The third kappa shape index (κ3) is 3.66. The molecular formula is C15H11Cl3O. The molecule has 2 rings (SSSR count). The predicted octanol–water partition coefficient (Wildman–Crippen LogP) is 5.74. The average Bonchev–Trinajstić information content (AvgIpc) is 2.37. The van der Waals surface area contributed by atoms with Gasteiger partial charge in [-0.1, -0.05) is 59.6 Å². The molecule has 98 valence electrons. The van der Waals surface area contributed by atoms with E-state index in [2.05, 4.69) is 6.58 Å². The highest BCUT2D eigenvalue weighted by molar-refractivity contribution is 6.35. The molecule has 0 aliphatic rings. The molecule has 0 saturated heterocycles. The van der Waals surface area contributed by atoms with Crippen LogP contribution in [0.1, 0.15) is 5.56 Å². The first-order valence-corrected chi connectivity index (χ1v) is 6.72. The van der Waals surface area contributed by atoms with Crippen molar-refractivity contribution < 1.29 is 4.74 Å². The van der Waals surface area contributed by atoms with E-state index in [1.165, 1.54) is 0 Å². The van der Waals surface area contributed by atoms with Gasteiger partial charge >= 0.3 is 0 Å². The fraction of sp³-hybridized carbons (Fsp3) is 0.0667. The minimum Gasteiger partial charge on any atom is -0.487 e. The van der Waals surface area contributed by atoms with Gasteiger partial charge in [0.1, 0.15) is 12.4 Å². The summed E-state index contributed by atoms with van der Waals surface area (Å²) in [6, 6.07) is 12.6. The third-order valence-corrected chi connectivity index (χ3v) is 3.41. The highest BCUT2D eigenvalue weighted by Crippen LogP contribution is 2.28. The van der Waals surface area contributed by atoms with Gasteiger partial charge in [-0.25, -0.2) is 0 Å². The van der Waals surface area contributed by atoms with Crippen molar-refractivity contribution in [3.63, 3.8) is 0 Å². The van der Waals surface area contributed by atoms with Crippen molar-refractivity contribution in [3.05, 3.63) is 69.7 Å². The van der Waals surface area contributed by atoms with Gasteiger partial charge in [-0.05, 0) is 35.4 Å². The highest BCUT2D eigenvalue weighted by atomic mass is 35.5. The number of ether oxygens (including phenoxy) is 1. The van der Waals surface area contributed by atoms with E-state index in [0.29, 0.717) is 27.4 Å². The Hall–Kier alpha value is -1.15. The first-order chi connectivity index (χ1) is 9.08. The van der Waals surface area contributed by atoms with Gasteiger partial charge in [0, 0.05) is 10.0 Å². The van der Waals surface area contributed by atoms with Crippen molar-refractivity contribution in [1.82, 2.24) is 0 Å². The van der Waals surface area contributed by atoms with Gasteiger partial charge in [-0.3, -0.25) is 0 Å². The van der Waals surface area contributed by atoms with E-state index in [1.54, 1.807) is 24.3 Å². The summed E-state index contributed by atoms with van der Waals surface area (Å²) in [6.45, 7) is 4.28. The zero-order chi connectivity index (χ0) is 13.8. The molecule has 1 nitrogen and oxygen atoms in total. The number of hydrogen-bond donors (Lipinski definition) is 0. The van der Waals surface area contributed by atoms with Gasteiger partial charge < -0.3 is 4.74 Å². The second kappa shape index (κ2) is 6.33. The maximum atomic E-state index is 6.11. The Kier molecular flexibility index (Phi) is 4.76. The van der Waals surface area contributed by atoms with Crippen LogP contribution < -0.4 is 4.74 Å². The number of hydrogen-bond acceptors (Lipinski definition) is 1. The van der Waals surface area contributed by atoms with Crippen molar-refractivity contribution >= 4 is 40.4 Å². The number of para-hydroxylation sites is 1. The van der Waals surface area contributed by atoms with Crippen LogP contribution in [0.3, 0.4) is 0 Å². The van der Waals surface area contributed by atoms with Crippen LogP contribution in [-0.2, 0) is 0 Å². The maximum absolute atomic E-state index is 6.11. The third-order valence-electron chi connectivity index (χ3n) is 2.55. The molecule has 0 radical (unpaired) electrons. The quantitative estimate of drug-likeness (QED) is 0.699. The molecule has 2 aromatic rings. The highest BCUT2D eigenvalue weighted by Gasteiger charge is 2.07. The first-order valence-electron chi connectivity index (χ1n) is 5.58. The normalized spacial score (nSPS) is 10.3. The molecule has 2 aromatic carbocycles.